The second-order valence-corrected chi connectivity index (χ2v) is 8.02. The molecule has 0 radical (unpaired) electrons. The molecule has 2 aliphatic rings. The van der Waals surface area contributed by atoms with Crippen LogP contribution in [0, 0.1) is 5.92 Å². The van der Waals surface area contributed by atoms with Crippen LogP contribution < -0.4 is 10.0 Å². The molecular weight excluding hydrogens is 284 g/mol. The van der Waals surface area contributed by atoms with Gasteiger partial charge in [0.1, 0.15) is 0 Å². The topological polar surface area (TPSA) is 58.2 Å². The van der Waals surface area contributed by atoms with Crippen molar-refractivity contribution in [3.8, 4) is 0 Å². The van der Waals surface area contributed by atoms with E-state index in [1.165, 1.54) is 31.2 Å². The van der Waals surface area contributed by atoms with E-state index >= 15 is 0 Å². The lowest BCUT2D eigenvalue weighted by Crippen LogP contribution is -2.25. The highest BCUT2D eigenvalue weighted by molar-refractivity contribution is 7.89. The Balaban J connectivity index is 1.48. The molecule has 3 rings (SSSR count). The van der Waals surface area contributed by atoms with Crippen LogP contribution in [-0.4, -0.2) is 27.5 Å². The SMILES string of the molecule is O=S(=O)(NCCC1CC1)c1ccc(CCNC2CC2)cc1. The van der Waals surface area contributed by atoms with E-state index in [0.717, 1.165) is 31.3 Å². The summed E-state index contributed by atoms with van der Waals surface area (Å²) in [4.78, 5) is 0.372. The number of rotatable bonds is 9. The van der Waals surface area contributed by atoms with Crippen LogP contribution in [0.4, 0.5) is 0 Å². The molecule has 0 saturated heterocycles. The minimum Gasteiger partial charge on any atom is -0.314 e. The summed E-state index contributed by atoms with van der Waals surface area (Å²) in [5, 5.41) is 3.46. The van der Waals surface area contributed by atoms with Crippen molar-refractivity contribution < 1.29 is 8.42 Å². The van der Waals surface area contributed by atoms with Crippen molar-refractivity contribution in [2.24, 2.45) is 5.92 Å². The fourth-order valence-electron chi connectivity index (χ4n) is 2.43. The first kappa shape index (κ1) is 15.0. The van der Waals surface area contributed by atoms with Crippen molar-refractivity contribution >= 4 is 10.0 Å². The van der Waals surface area contributed by atoms with Gasteiger partial charge < -0.3 is 5.32 Å². The van der Waals surface area contributed by atoms with Crippen molar-refractivity contribution in [3.63, 3.8) is 0 Å². The monoisotopic (exact) mass is 308 g/mol. The van der Waals surface area contributed by atoms with Crippen LogP contribution in [-0.2, 0) is 16.4 Å². The predicted molar refractivity (Wildman–Crippen MR) is 83.7 cm³/mol. The lowest BCUT2D eigenvalue weighted by molar-refractivity contribution is 0.575. The number of benzene rings is 1. The van der Waals surface area contributed by atoms with Gasteiger partial charge in [0, 0.05) is 12.6 Å². The zero-order chi connectivity index (χ0) is 14.7. The Morgan fingerprint density at radius 3 is 2.33 bits per heavy atom. The lowest BCUT2D eigenvalue weighted by Gasteiger charge is -2.08. The van der Waals surface area contributed by atoms with Gasteiger partial charge in [-0.2, -0.15) is 0 Å². The van der Waals surface area contributed by atoms with Crippen LogP contribution in [0.15, 0.2) is 29.2 Å². The van der Waals surface area contributed by atoms with Gasteiger partial charge in [0.25, 0.3) is 0 Å². The van der Waals surface area contributed by atoms with Gasteiger partial charge in [-0.05, 0) is 55.8 Å². The van der Waals surface area contributed by atoms with Gasteiger partial charge in [-0.15, -0.1) is 0 Å². The normalized spacial score (nSPS) is 18.9. The molecule has 1 aromatic carbocycles. The minimum atomic E-state index is -3.33. The Bertz CT molecular complexity index is 560. The smallest absolute Gasteiger partial charge is 0.240 e. The molecule has 2 aliphatic carbocycles. The largest absolute Gasteiger partial charge is 0.314 e. The molecule has 2 fully saturated rings. The predicted octanol–water partition coefficient (Wildman–Crippen LogP) is 2.06. The number of hydrogen-bond acceptors (Lipinski definition) is 3. The molecule has 116 valence electrons. The second-order valence-electron chi connectivity index (χ2n) is 6.25. The first-order chi connectivity index (χ1) is 10.1. The molecule has 5 heteroatoms. The molecule has 0 spiro atoms. The lowest BCUT2D eigenvalue weighted by atomic mass is 10.1. The molecule has 1 aromatic rings. The highest BCUT2D eigenvalue weighted by atomic mass is 32.2. The Morgan fingerprint density at radius 1 is 1.00 bits per heavy atom. The van der Waals surface area contributed by atoms with E-state index in [1.807, 2.05) is 12.1 Å². The maximum absolute atomic E-state index is 12.1. The first-order valence-corrected chi connectivity index (χ1v) is 9.44. The molecule has 2 saturated carbocycles. The Labute approximate surface area is 127 Å². The highest BCUT2D eigenvalue weighted by Crippen LogP contribution is 2.31. The molecule has 4 nitrogen and oxygen atoms in total. The van der Waals surface area contributed by atoms with Gasteiger partial charge in [-0.25, -0.2) is 13.1 Å². The Hall–Kier alpha value is -0.910. The molecule has 0 aliphatic heterocycles. The molecule has 21 heavy (non-hydrogen) atoms. The summed E-state index contributed by atoms with van der Waals surface area (Å²) in [5.41, 5.74) is 1.18. The number of sulfonamides is 1. The molecule has 0 heterocycles. The van der Waals surface area contributed by atoms with Gasteiger partial charge in [0.15, 0.2) is 0 Å². The quantitative estimate of drug-likeness (QED) is 0.734. The molecule has 0 unspecified atom stereocenters. The van der Waals surface area contributed by atoms with Gasteiger partial charge in [-0.1, -0.05) is 25.0 Å². The van der Waals surface area contributed by atoms with Crippen LogP contribution in [0.3, 0.4) is 0 Å². The first-order valence-electron chi connectivity index (χ1n) is 7.95. The fourth-order valence-corrected chi connectivity index (χ4v) is 3.48. The summed E-state index contributed by atoms with van der Waals surface area (Å²) in [6.45, 7) is 1.52. The van der Waals surface area contributed by atoms with Crippen molar-refractivity contribution in [2.75, 3.05) is 13.1 Å². The van der Waals surface area contributed by atoms with E-state index in [9.17, 15) is 8.42 Å². The van der Waals surface area contributed by atoms with E-state index in [4.69, 9.17) is 0 Å². The van der Waals surface area contributed by atoms with E-state index in [0.29, 0.717) is 11.4 Å². The molecule has 0 bridgehead atoms. The summed E-state index contributed by atoms with van der Waals surface area (Å²) in [7, 11) is -3.33. The van der Waals surface area contributed by atoms with Crippen LogP contribution in [0.25, 0.3) is 0 Å². The van der Waals surface area contributed by atoms with Gasteiger partial charge in [0.2, 0.25) is 10.0 Å². The van der Waals surface area contributed by atoms with Crippen LogP contribution in [0.1, 0.15) is 37.7 Å². The summed E-state index contributed by atoms with van der Waals surface area (Å²) in [6, 6.07) is 7.99. The zero-order valence-electron chi connectivity index (χ0n) is 12.3. The van der Waals surface area contributed by atoms with E-state index in [1.54, 1.807) is 12.1 Å². The third-order valence-electron chi connectivity index (χ3n) is 4.20. The Kier molecular flexibility index (Phi) is 4.62. The van der Waals surface area contributed by atoms with Crippen LogP contribution in [0.5, 0.6) is 0 Å². The fraction of sp³-hybridized carbons (Fsp3) is 0.625. The van der Waals surface area contributed by atoms with Gasteiger partial charge in [-0.3, -0.25) is 0 Å². The Morgan fingerprint density at radius 2 is 1.71 bits per heavy atom. The van der Waals surface area contributed by atoms with Crippen LogP contribution in [0.2, 0.25) is 0 Å². The summed E-state index contributed by atoms with van der Waals surface area (Å²) in [5.74, 6) is 0.744. The maximum Gasteiger partial charge on any atom is 0.240 e. The van der Waals surface area contributed by atoms with Crippen molar-refractivity contribution in [1.82, 2.24) is 10.0 Å². The van der Waals surface area contributed by atoms with E-state index in [-0.39, 0.29) is 0 Å². The third-order valence-corrected chi connectivity index (χ3v) is 5.68. The van der Waals surface area contributed by atoms with Gasteiger partial charge >= 0.3 is 0 Å². The summed E-state index contributed by atoms with van der Waals surface area (Å²) >= 11 is 0. The van der Waals surface area contributed by atoms with Crippen molar-refractivity contribution in [2.45, 2.75) is 49.5 Å². The number of hydrogen-bond donors (Lipinski definition) is 2. The molecule has 0 aromatic heterocycles. The van der Waals surface area contributed by atoms with E-state index < -0.39 is 10.0 Å². The number of nitrogens with one attached hydrogen (secondary N) is 2. The molecule has 0 amide bonds. The standard InChI is InChI=1S/C16H24N2O2S/c19-21(20,18-12-10-13-1-2-13)16-7-3-14(4-8-16)9-11-17-15-5-6-15/h3-4,7-8,13,15,17-18H,1-2,5-6,9-12H2. The average Bonchev–Trinajstić information content (AvgIpc) is 3.34. The maximum atomic E-state index is 12.1. The van der Waals surface area contributed by atoms with Crippen molar-refractivity contribution in [3.05, 3.63) is 29.8 Å². The van der Waals surface area contributed by atoms with Gasteiger partial charge in [0.05, 0.1) is 4.90 Å². The minimum absolute atomic E-state index is 0.372. The molecular formula is C16H24N2O2S. The average molecular weight is 308 g/mol. The summed E-state index contributed by atoms with van der Waals surface area (Å²) < 4.78 is 27.0. The third kappa shape index (κ3) is 4.80. The second kappa shape index (κ2) is 6.46. The van der Waals surface area contributed by atoms with E-state index in [2.05, 4.69) is 10.0 Å². The zero-order valence-corrected chi connectivity index (χ0v) is 13.2. The molecule has 2 N–H and O–H groups in total. The summed E-state index contributed by atoms with van der Waals surface area (Å²) in [6.07, 6.45) is 7.01. The van der Waals surface area contributed by atoms with Crippen LogP contribution >= 0.6 is 0 Å². The van der Waals surface area contributed by atoms with Crippen molar-refractivity contribution in [1.29, 1.82) is 0 Å². The molecule has 0 atom stereocenters. The highest BCUT2D eigenvalue weighted by Gasteiger charge is 2.22.